The van der Waals surface area contributed by atoms with E-state index in [1.807, 2.05) is 34.6 Å². The van der Waals surface area contributed by atoms with E-state index in [9.17, 15) is 9.59 Å². The summed E-state index contributed by atoms with van der Waals surface area (Å²) in [5, 5.41) is 16.3. The standard InChI is InChI=1S/C18H29N5O3/c1-3-22(12-17(24)25)15-10-14(11-15)20-18(26)23-8-5-13(6-9-23)16-4-7-19-21(16)2/h4,7,13-15H,3,5-6,8-12H2,1-2H3,(H,20,26)(H,24,25). The van der Waals surface area contributed by atoms with E-state index < -0.39 is 5.97 Å². The minimum atomic E-state index is -0.796. The lowest BCUT2D eigenvalue weighted by Gasteiger charge is -2.43. The fraction of sp³-hybridized carbons (Fsp3) is 0.722. The first-order valence-corrected chi connectivity index (χ1v) is 9.47. The molecule has 1 aromatic rings. The van der Waals surface area contributed by atoms with Crippen LogP contribution in [0.2, 0.25) is 0 Å². The second kappa shape index (κ2) is 8.07. The molecule has 1 aliphatic carbocycles. The van der Waals surface area contributed by atoms with Crippen molar-refractivity contribution in [1.82, 2.24) is 24.9 Å². The molecule has 1 aliphatic heterocycles. The molecule has 0 atom stereocenters. The number of nitrogens with zero attached hydrogens (tertiary/aromatic N) is 4. The van der Waals surface area contributed by atoms with E-state index in [4.69, 9.17) is 5.11 Å². The molecule has 0 aromatic carbocycles. The quantitative estimate of drug-likeness (QED) is 0.794. The lowest BCUT2D eigenvalue weighted by Crippen LogP contribution is -2.57. The Kier molecular flexibility index (Phi) is 5.80. The van der Waals surface area contributed by atoms with E-state index >= 15 is 0 Å². The van der Waals surface area contributed by atoms with Crippen LogP contribution in [0.15, 0.2) is 12.3 Å². The average Bonchev–Trinajstić information content (AvgIpc) is 3.01. The van der Waals surface area contributed by atoms with E-state index in [2.05, 4.69) is 16.5 Å². The van der Waals surface area contributed by atoms with Crippen molar-refractivity contribution in [2.45, 2.75) is 50.6 Å². The van der Waals surface area contributed by atoms with Crippen molar-refractivity contribution < 1.29 is 14.7 Å². The summed E-state index contributed by atoms with van der Waals surface area (Å²) in [6.07, 6.45) is 5.41. The monoisotopic (exact) mass is 363 g/mol. The number of hydrogen-bond acceptors (Lipinski definition) is 4. The molecule has 2 fully saturated rings. The predicted molar refractivity (Wildman–Crippen MR) is 97.0 cm³/mol. The van der Waals surface area contributed by atoms with E-state index in [1.165, 1.54) is 5.69 Å². The Morgan fingerprint density at radius 3 is 2.58 bits per heavy atom. The van der Waals surface area contributed by atoms with Gasteiger partial charge in [0.2, 0.25) is 0 Å². The summed E-state index contributed by atoms with van der Waals surface area (Å²) >= 11 is 0. The highest BCUT2D eigenvalue weighted by Gasteiger charge is 2.36. The number of piperidine rings is 1. The van der Waals surface area contributed by atoms with Crippen molar-refractivity contribution in [3.63, 3.8) is 0 Å². The number of carbonyl (C=O) groups excluding carboxylic acids is 1. The molecule has 2 heterocycles. The fourth-order valence-corrected chi connectivity index (χ4v) is 4.11. The van der Waals surface area contributed by atoms with Gasteiger partial charge in [-0.05, 0) is 38.3 Å². The largest absolute Gasteiger partial charge is 0.480 e. The number of aliphatic carboxylic acids is 1. The van der Waals surface area contributed by atoms with E-state index in [-0.39, 0.29) is 24.7 Å². The molecule has 3 rings (SSSR count). The number of urea groups is 1. The van der Waals surface area contributed by atoms with Crippen LogP contribution in [-0.2, 0) is 11.8 Å². The van der Waals surface area contributed by atoms with Gasteiger partial charge in [-0.2, -0.15) is 5.10 Å². The molecule has 8 nitrogen and oxygen atoms in total. The lowest BCUT2D eigenvalue weighted by molar-refractivity contribution is -0.139. The van der Waals surface area contributed by atoms with Crippen LogP contribution in [0.4, 0.5) is 4.79 Å². The van der Waals surface area contributed by atoms with Gasteiger partial charge in [0.25, 0.3) is 0 Å². The number of carboxylic acid groups (broad SMARTS) is 1. The number of nitrogens with one attached hydrogen (secondary N) is 1. The zero-order valence-electron chi connectivity index (χ0n) is 15.6. The Morgan fingerprint density at radius 2 is 2.04 bits per heavy atom. The van der Waals surface area contributed by atoms with E-state index in [0.717, 1.165) is 45.3 Å². The molecule has 144 valence electrons. The molecule has 2 aliphatic rings. The molecule has 8 heteroatoms. The minimum absolute atomic E-state index is 0.0122. The number of aryl methyl sites for hydroxylation is 1. The third kappa shape index (κ3) is 4.17. The van der Waals surface area contributed by atoms with Gasteiger partial charge in [0.15, 0.2) is 0 Å². The van der Waals surface area contributed by atoms with Crippen molar-refractivity contribution in [2.24, 2.45) is 7.05 Å². The normalized spacial score (nSPS) is 23.7. The number of carboxylic acids is 1. The van der Waals surface area contributed by atoms with Gasteiger partial charge in [-0.15, -0.1) is 0 Å². The highest BCUT2D eigenvalue weighted by Crippen LogP contribution is 2.29. The third-order valence-corrected chi connectivity index (χ3v) is 5.76. The second-order valence-electron chi connectivity index (χ2n) is 7.37. The first-order valence-electron chi connectivity index (χ1n) is 9.47. The fourth-order valence-electron chi connectivity index (χ4n) is 4.11. The van der Waals surface area contributed by atoms with Gasteiger partial charge in [0, 0.05) is 50.0 Å². The highest BCUT2D eigenvalue weighted by atomic mass is 16.4. The highest BCUT2D eigenvalue weighted by molar-refractivity contribution is 5.74. The molecule has 0 unspecified atom stereocenters. The molecule has 0 radical (unpaired) electrons. The van der Waals surface area contributed by atoms with Gasteiger partial charge in [-0.3, -0.25) is 14.4 Å². The van der Waals surface area contributed by atoms with Crippen LogP contribution in [0.1, 0.15) is 44.2 Å². The SMILES string of the molecule is CCN(CC(=O)O)C1CC(NC(=O)N2CCC(c3ccnn3C)CC2)C1. The summed E-state index contributed by atoms with van der Waals surface area (Å²) in [5.41, 5.74) is 1.24. The maximum Gasteiger partial charge on any atom is 0.317 e. The summed E-state index contributed by atoms with van der Waals surface area (Å²) in [6, 6.07) is 2.49. The van der Waals surface area contributed by atoms with E-state index in [1.54, 1.807) is 0 Å². The number of likely N-dealkylation sites (N-methyl/N-ethyl adjacent to an activating group) is 1. The summed E-state index contributed by atoms with van der Waals surface area (Å²) in [7, 11) is 1.96. The number of hydrogen-bond donors (Lipinski definition) is 2. The number of aromatic nitrogens is 2. The lowest BCUT2D eigenvalue weighted by atomic mass is 9.85. The van der Waals surface area contributed by atoms with Crippen molar-refractivity contribution in [1.29, 1.82) is 0 Å². The first-order chi connectivity index (χ1) is 12.5. The van der Waals surface area contributed by atoms with Gasteiger partial charge < -0.3 is 15.3 Å². The van der Waals surface area contributed by atoms with Crippen molar-refractivity contribution in [3.05, 3.63) is 18.0 Å². The Hall–Kier alpha value is -2.09. The molecule has 0 bridgehead atoms. The molecule has 2 amide bonds. The maximum absolute atomic E-state index is 12.5. The Morgan fingerprint density at radius 1 is 1.35 bits per heavy atom. The summed E-state index contributed by atoms with van der Waals surface area (Å²) in [5.74, 6) is -0.329. The zero-order chi connectivity index (χ0) is 18.7. The second-order valence-corrected chi connectivity index (χ2v) is 7.37. The maximum atomic E-state index is 12.5. The molecular weight excluding hydrogens is 334 g/mol. The molecule has 2 N–H and O–H groups in total. The Balaban J connectivity index is 1.40. The molecular formula is C18H29N5O3. The molecule has 1 aromatic heterocycles. The molecule has 1 saturated heterocycles. The van der Waals surface area contributed by atoms with Gasteiger partial charge in [0.05, 0.1) is 6.54 Å². The third-order valence-electron chi connectivity index (χ3n) is 5.76. The van der Waals surface area contributed by atoms with Crippen molar-refractivity contribution in [2.75, 3.05) is 26.2 Å². The predicted octanol–water partition coefficient (Wildman–Crippen LogP) is 1.25. The topological polar surface area (TPSA) is 90.7 Å². The number of likely N-dealkylation sites (tertiary alicyclic amines) is 1. The van der Waals surface area contributed by atoms with Gasteiger partial charge in [0.1, 0.15) is 0 Å². The van der Waals surface area contributed by atoms with Gasteiger partial charge >= 0.3 is 12.0 Å². The van der Waals surface area contributed by atoms with Crippen LogP contribution in [0.3, 0.4) is 0 Å². The van der Waals surface area contributed by atoms with Crippen LogP contribution in [0.5, 0.6) is 0 Å². The zero-order valence-corrected chi connectivity index (χ0v) is 15.6. The van der Waals surface area contributed by atoms with Crippen LogP contribution in [-0.4, -0.2) is 74.9 Å². The van der Waals surface area contributed by atoms with Crippen molar-refractivity contribution >= 4 is 12.0 Å². The summed E-state index contributed by atoms with van der Waals surface area (Å²) in [4.78, 5) is 27.2. The Bertz CT molecular complexity index is 633. The van der Waals surface area contributed by atoms with E-state index in [0.29, 0.717) is 5.92 Å². The number of amides is 2. The summed E-state index contributed by atoms with van der Waals surface area (Å²) < 4.78 is 1.92. The first kappa shape index (κ1) is 18.7. The van der Waals surface area contributed by atoms with Crippen molar-refractivity contribution in [3.8, 4) is 0 Å². The van der Waals surface area contributed by atoms with Gasteiger partial charge in [-0.25, -0.2) is 4.79 Å². The van der Waals surface area contributed by atoms with Gasteiger partial charge in [-0.1, -0.05) is 6.92 Å². The Labute approximate surface area is 154 Å². The molecule has 1 saturated carbocycles. The summed E-state index contributed by atoms with van der Waals surface area (Å²) in [6.45, 7) is 4.29. The molecule has 26 heavy (non-hydrogen) atoms. The number of carbonyl (C=O) groups is 2. The van der Waals surface area contributed by atoms with Crippen LogP contribution < -0.4 is 5.32 Å². The number of rotatable bonds is 6. The minimum Gasteiger partial charge on any atom is -0.480 e. The van der Waals surface area contributed by atoms with Crippen LogP contribution in [0.25, 0.3) is 0 Å². The molecule has 0 spiro atoms. The smallest absolute Gasteiger partial charge is 0.317 e. The van der Waals surface area contributed by atoms with Crippen LogP contribution >= 0.6 is 0 Å². The van der Waals surface area contributed by atoms with Crippen LogP contribution in [0, 0.1) is 0 Å². The average molecular weight is 363 g/mol.